The Morgan fingerprint density at radius 3 is 2.59 bits per heavy atom. The van der Waals surface area contributed by atoms with Crippen LogP contribution in [0.1, 0.15) is 25.7 Å². The first-order valence-corrected chi connectivity index (χ1v) is 7.09. The number of hydrogen-bond donors (Lipinski definition) is 1. The molecule has 1 amide bonds. The maximum absolute atomic E-state index is 12.1. The molecule has 0 bridgehead atoms. The number of hydrogen-bond acceptors (Lipinski definition) is 3. The molecule has 1 N–H and O–H groups in total. The highest BCUT2D eigenvalue weighted by Crippen LogP contribution is 2.53. The fraction of sp³-hybridized carbons (Fsp3) is 0.538. The van der Waals surface area contributed by atoms with Gasteiger partial charge in [0.15, 0.2) is 5.13 Å². The summed E-state index contributed by atoms with van der Waals surface area (Å²) in [6.45, 7) is 0. The summed E-state index contributed by atoms with van der Waals surface area (Å²) in [4.78, 5) is 16.2. The minimum atomic E-state index is 0.178. The molecule has 1 heterocycles. The molecule has 2 unspecified atom stereocenters. The number of amides is 1. The Kier molecular flexibility index (Phi) is 2.97. The monoisotopic (exact) mass is 248 g/mol. The van der Waals surface area contributed by atoms with Crippen LogP contribution in [0.4, 0.5) is 5.13 Å². The molecule has 2 aliphatic rings. The SMILES string of the molecule is O=C(Nc1nccs1)C1C2CC/C=C\CCC21. The Morgan fingerprint density at radius 1 is 1.29 bits per heavy atom. The Labute approximate surface area is 105 Å². The normalized spacial score (nSPS) is 33.1. The van der Waals surface area contributed by atoms with E-state index < -0.39 is 0 Å². The van der Waals surface area contributed by atoms with E-state index in [2.05, 4.69) is 22.5 Å². The molecule has 1 saturated carbocycles. The topological polar surface area (TPSA) is 42.0 Å². The van der Waals surface area contributed by atoms with Crippen molar-refractivity contribution < 1.29 is 4.79 Å². The third-order valence-corrected chi connectivity index (χ3v) is 4.49. The zero-order valence-corrected chi connectivity index (χ0v) is 10.5. The summed E-state index contributed by atoms with van der Waals surface area (Å²) in [5.41, 5.74) is 0. The second-order valence-electron chi connectivity index (χ2n) is 4.81. The first-order chi connectivity index (χ1) is 8.36. The minimum Gasteiger partial charge on any atom is -0.302 e. The lowest BCUT2D eigenvalue weighted by Gasteiger charge is -1.99. The van der Waals surface area contributed by atoms with Crippen LogP contribution in [0, 0.1) is 17.8 Å². The third-order valence-electron chi connectivity index (χ3n) is 3.80. The van der Waals surface area contributed by atoms with E-state index in [9.17, 15) is 4.79 Å². The Bertz CT molecular complexity index is 411. The maximum Gasteiger partial charge on any atom is 0.229 e. The highest BCUT2D eigenvalue weighted by Gasteiger charge is 2.53. The molecule has 4 heteroatoms. The molecular formula is C13H16N2OS. The van der Waals surface area contributed by atoms with Crippen molar-refractivity contribution in [2.45, 2.75) is 25.7 Å². The Balaban J connectivity index is 1.61. The lowest BCUT2D eigenvalue weighted by atomic mass is 10.1. The van der Waals surface area contributed by atoms with Gasteiger partial charge in [-0.1, -0.05) is 12.2 Å². The van der Waals surface area contributed by atoms with Crippen LogP contribution < -0.4 is 5.32 Å². The fourth-order valence-electron chi connectivity index (χ4n) is 2.91. The number of nitrogens with one attached hydrogen (secondary N) is 1. The molecule has 1 fully saturated rings. The van der Waals surface area contributed by atoms with Gasteiger partial charge in [0, 0.05) is 17.5 Å². The molecule has 0 saturated heterocycles. The molecule has 17 heavy (non-hydrogen) atoms. The van der Waals surface area contributed by atoms with E-state index in [1.165, 1.54) is 11.3 Å². The van der Waals surface area contributed by atoms with Crippen LogP contribution in [0.5, 0.6) is 0 Å². The molecule has 0 radical (unpaired) electrons. The van der Waals surface area contributed by atoms with Crippen molar-refractivity contribution in [2.24, 2.45) is 17.8 Å². The predicted octanol–water partition coefficient (Wildman–Crippen LogP) is 3.07. The number of fused-ring (bicyclic) bond motifs is 1. The van der Waals surface area contributed by atoms with E-state index in [0.717, 1.165) is 30.8 Å². The van der Waals surface area contributed by atoms with Crippen LogP contribution in [0.3, 0.4) is 0 Å². The van der Waals surface area contributed by atoms with E-state index >= 15 is 0 Å². The van der Waals surface area contributed by atoms with E-state index in [1.807, 2.05) is 5.38 Å². The smallest absolute Gasteiger partial charge is 0.229 e. The Morgan fingerprint density at radius 2 is 2.00 bits per heavy atom. The summed E-state index contributed by atoms with van der Waals surface area (Å²) >= 11 is 1.48. The first kappa shape index (κ1) is 11.0. The summed E-state index contributed by atoms with van der Waals surface area (Å²) in [5, 5.41) is 5.54. The van der Waals surface area contributed by atoms with Gasteiger partial charge in [-0.3, -0.25) is 4.79 Å². The Hall–Kier alpha value is -1.16. The van der Waals surface area contributed by atoms with Crippen molar-refractivity contribution in [3.05, 3.63) is 23.7 Å². The number of thiazole rings is 1. The van der Waals surface area contributed by atoms with Crippen molar-refractivity contribution >= 4 is 22.4 Å². The summed E-state index contributed by atoms with van der Waals surface area (Å²) in [6.07, 6.45) is 10.8. The van der Waals surface area contributed by atoms with Crippen molar-refractivity contribution in [3.8, 4) is 0 Å². The van der Waals surface area contributed by atoms with Gasteiger partial charge in [-0.05, 0) is 37.5 Å². The standard InChI is InChI=1S/C13H16N2OS/c16-12(15-13-14-7-8-17-13)11-9-5-3-1-2-4-6-10(9)11/h1-2,7-11H,3-6H2,(H,14,15,16)/b2-1-. The number of allylic oxidation sites excluding steroid dienone is 2. The van der Waals surface area contributed by atoms with Crippen LogP contribution >= 0.6 is 11.3 Å². The van der Waals surface area contributed by atoms with Crippen LogP contribution in [0.15, 0.2) is 23.7 Å². The molecule has 1 aromatic heterocycles. The summed E-state index contributed by atoms with van der Waals surface area (Å²) in [7, 11) is 0. The van der Waals surface area contributed by atoms with E-state index in [-0.39, 0.29) is 11.8 Å². The second kappa shape index (κ2) is 4.61. The average Bonchev–Trinajstić information content (AvgIpc) is 2.72. The van der Waals surface area contributed by atoms with Gasteiger partial charge < -0.3 is 5.32 Å². The quantitative estimate of drug-likeness (QED) is 0.817. The molecule has 90 valence electrons. The first-order valence-electron chi connectivity index (χ1n) is 6.21. The lowest BCUT2D eigenvalue weighted by molar-refractivity contribution is -0.117. The zero-order valence-electron chi connectivity index (χ0n) is 9.63. The van der Waals surface area contributed by atoms with Gasteiger partial charge in [0.2, 0.25) is 5.91 Å². The third kappa shape index (κ3) is 2.27. The van der Waals surface area contributed by atoms with Crippen molar-refractivity contribution in [1.29, 1.82) is 0 Å². The number of carbonyl (C=O) groups is 1. The molecule has 0 aliphatic heterocycles. The van der Waals surface area contributed by atoms with Crippen molar-refractivity contribution in [2.75, 3.05) is 5.32 Å². The molecule has 3 nitrogen and oxygen atoms in total. The van der Waals surface area contributed by atoms with Gasteiger partial charge in [-0.25, -0.2) is 4.98 Å². The second-order valence-corrected chi connectivity index (χ2v) is 5.70. The maximum atomic E-state index is 12.1. The van der Waals surface area contributed by atoms with E-state index in [1.54, 1.807) is 6.20 Å². The van der Waals surface area contributed by atoms with Crippen LogP contribution in [0.2, 0.25) is 0 Å². The highest BCUT2D eigenvalue weighted by molar-refractivity contribution is 7.13. The molecule has 0 aromatic carbocycles. The van der Waals surface area contributed by atoms with Crippen LogP contribution in [-0.2, 0) is 4.79 Å². The van der Waals surface area contributed by atoms with Gasteiger partial charge in [-0.2, -0.15) is 0 Å². The van der Waals surface area contributed by atoms with Gasteiger partial charge >= 0.3 is 0 Å². The molecule has 3 rings (SSSR count). The van der Waals surface area contributed by atoms with E-state index in [4.69, 9.17) is 0 Å². The van der Waals surface area contributed by atoms with E-state index in [0.29, 0.717) is 11.8 Å². The zero-order chi connectivity index (χ0) is 11.7. The largest absolute Gasteiger partial charge is 0.302 e. The number of rotatable bonds is 2. The van der Waals surface area contributed by atoms with Crippen LogP contribution in [-0.4, -0.2) is 10.9 Å². The van der Waals surface area contributed by atoms with Gasteiger partial charge in [0.05, 0.1) is 0 Å². The summed E-state index contributed by atoms with van der Waals surface area (Å²) in [6, 6.07) is 0. The van der Waals surface area contributed by atoms with Crippen LogP contribution in [0.25, 0.3) is 0 Å². The molecule has 2 atom stereocenters. The molecule has 1 aromatic rings. The average molecular weight is 248 g/mol. The summed E-state index contributed by atoms with van der Waals surface area (Å²) < 4.78 is 0. The lowest BCUT2D eigenvalue weighted by Crippen LogP contribution is -2.15. The number of carbonyl (C=O) groups excluding carboxylic acids is 1. The summed E-state index contributed by atoms with van der Waals surface area (Å²) in [5.74, 6) is 1.63. The van der Waals surface area contributed by atoms with Gasteiger partial charge in [-0.15, -0.1) is 11.3 Å². The predicted molar refractivity (Wildman–Crippen MR) is 68.8 cm³/mol. The number of nitrogens with zero attached hydrogens (tertiary/aromatic N) is 1. The number of anilines is 1. The molecular weight excluding hydrogens is 232 g/mol. The van der Waals surface area contributed by atoms with Gasteiger partial charge in [0.25, 0.3) is 0 Å². The fourth-order valence-corrected chi connectivity index (χ4v) is 3.44. The van der Waals surface area contributed by atoms with Crippen molar-refractivity contribution in [3.63, 3.8) is 0 Å². The van der Waals surface area contributed by atoms with Gasteiger partial charge in [0.1, 0.15) is 0 Å². The molecule has 0 spiro atoms. The van der Waals surface area contributed by atoms with Crippen molar-refractivity contribution in [1.82, 2.24) is 4.98 Å². The highest BCUT2D eigenvalue weighted by atomic mass is 32.1. The minimum absolute atomic E-state index is 0.178. The number of aromatic nitrogens is 1. The molecule has 2 aliphatic carbocycles.